The van der Waals surface area contributed by atoms with E-state index in [1.54, 1.807) is 24.3 Å². The van der Waals surface area contributed by atoms with E-state index in [-0.39, 0.29) is 0 Å². The highest BCUT2D eigenvalue weighted by Crippen LogP contribution is 2.31. The zero-order valence-corrected chi connectivity index (χ0v) is 12.8. The van der Waals surface area contributed by atoms with Crippen LogP contribution in [0.5, 0.6) is 0 Å². The third-order valence-corrected chi connectivity index (χ3v) is 4.95. The van der Waals surface area contributed by atoms with E-state index < -0.39 is 9.84 Å². The Balaban J connectivity index is 2.30. The molecule has 0 heterocycles. The zero-order valence-electron chi connectivity index (χ0n) is 11.1. The Bertz CT molecular complexity index is 773. The average Bonchev–Trinajstić information content (AvgIpc) is 2.40. The van der Waals surface area contributed by atoms with Crippen LogP contribution in [0.15, 0.2) is 57.2 Å². The number of nitrogens with zero attached hydrogens (tertiary/aromatic N) is 1. The van der Waals surface area contributed by atoms with Crippen molar-refractivity contribution >= 4 is 21.6 Å². The fraction of sp³-hybridized carbons (Fsp3) is 0.133. The van der Waals surface area contributed by atoms with Crippen LogP contribution < -0.4 is 0 Å². The number of nitriles is 1. The van der Waals surface area contributed by atoms with Crippen molar-refractivity contribution in [2.75, 3.05) is 6.26 Å². The smallest absolute Gasteiger partial charge is 0.175 e. The summed E-state index contributed by atoms with van der Waals surface area (Å²) in [6, 6.07) is 14.5. The van der Waals surface area contributed by atoms with Crippen molar-refractivity contribution in [3.63, 3.8) is 0 Å². The predicted octanol–water partition coefficient (Wildman–Crippen LogP) is 3.42. The van der Waals surface area contributed by atoms with Crippen molar-refractivity contribution in [2.24, 2.45) is 0 Å². The van der Waals surface area contributed by atoms with Gasteiger partial charge in [0, 0.05) is 16.0 Å². The fourth-order valence-corrected chi connectivity index (χ4v) is 3.21. The van der Waals surface area contributed by atoms with Gasteiger partial charge < -0.3 is 0 Å². The van der Waals surface area contributed by atoms with Crippen LogP contribution in [0.1, 0.15) is 11.1 Å². The maximum absolute atomic E-state index is 11.4. The molecule has 0 saturated heterocycles. The van der Waals surface area contributed by atoms with Crippen molar-refractivity contribution < 1.29 is 8.42 Å². The highest BCUT2D eigenvalue weighted by molar-refractivity contribution is 7.99. The second kappa shape index (κ2) is 5.70. The summed E-state index contributed by atoms with van der Waals surface area (Å²) in [4.78, 5) is 2.06. The van der Waals surface area contributed by atoms with E-state index >= 15 is 0 Å². The summed E-state index contributed by atoms with van der Waals surface area (Å²) in [5.41, 5.74) is 1.67. The van der Waals surface area contributed by atoms with E-state index in [0.29, 0.717) is 10.5 Å². The number of sulfone groups is 1. The number of benzene rings is 2. The summed E-state index contributed by atoms with van der Waals surface area (Å²) in [6.45, 7) is 1.94. The normalized spacial score (nSPS) is 11.1. The average molecular weight is 303 g/mol. The summed E-state index contributed by atoms with van der Waals surface area (Å²) in [5.74, 6) is 0. The van der Waals surface area contributed by atoms with Gasteiger partial charge in [-0.05, 0) is 48.9 Å². The van der Waals surface area contributed by atoms with Crippen LogP contribution in [0.3, 0.4) is 0 Å². The Morgan fingerprint density at radius 2 is 1.75 bits per heavy atom. The van der Waals surface area contributed by atoms with Crippen LogP contribution in [0.4, 0.5) is 0 Å². The van der Waals surface area contributed by atoms with Gasteiger partial charge in [0.1, 0.15) is 6.07 Å². The van der Waals surface area contributed by atoms with Crippen LogP contribution in [-0.2, 0) is 9.84 Å². The molecule has 2 aromatic carbocycles. The molecule has 0 amide bonds. The summed E-state index contributed by atoms with van der Waals surface area (Å²) in [7, 11) is -3.17. The van der Waals surface area contributed by atoms with Gasteiger partial charge in [-0.2, -0.15) is 5.26 Å². The maximum atomic E-state index is 11.4. The molecule has 20 heavy (non-hydrogen) atoms. The molecule has 2 aromatic rings. The fourth-order valence-electron chi connectivity index (χ4n) is 1.70. The lowest BCUT2D eigenvalue weighted by Crippen LogP contribution is -1.95. The standard InChI is InChI=1S/C15H13NO2S2/c1-11-3-8-15(12(9-11)10-16)19-13-4-6-14(7-5-13)20(2,17)18/h3-9H,1-2H3. The molecule has 0 aliphatic carbocycles. The minimum atomic E-state index is -3.17. The van der Waals surface area contributed by atoms with E-state index in [2.05, 4.69) is 6.07 Å². The van der Waals surface area contributed by atoms with Gasteiger partial charge in [-0.25, -0.2) is 8.42 Å². The van der Waals surface area contributed by atoms with E-state index in [9.17, 15) is 8.42 Å². The van der Waals surface area contributed by atoms with Crippen molar-refractivity contribution in [1.82, 2.24) is 0 Å². The van der Waals surface area contributed by atoms with Gasteiger partial charge >= 0.3 is 0 Å². The van der Waals surface area contributed by atoms with Crippen molar-refractivity contribution in [2.45, 2.75) is 21.6 Å². The van der Waals surface area contributed by atoms with Crippen molar-refractivity contribution in [1.29, 1.82) is 5.26 Å². The third kappa shape index (κ3) is 3.41. The second-order valence-electron chi connectivity index (χ2n) is 4.46. The molecule has 0 saturated carbocycles. The van der Waals surface area contributed by atoms with E-state index in [4.69, 9.17) is 5.26 Å². The topological polar surface area (TPSA) is 57.9 Å². The SMILES string of the molecule is Cc1ccc(Sc2ccc(S(C)(=O)=O)cc2)c(C#N)c1. The summed E-state index contributed by atoms with van der Waals surface area (Å²) in [5, 5.41) is 9.13. The summed E-state index contributed by atoms with van der Waals surface area (Å²) in [6.07, 6.45) is 1.18. The van der Waals surface area contributed by atoms with Crippen LogP contribution in [0.25, 0.3) is 0 Å². The number of hydrogen-bond donors (Lipinski definition) is 0. The van der Waals surface area contributed by atoms with Gasteiger partial charge in [0.2, 0.25) is 0 Å². The summed E-state index contributed by atoms with van der Waals surface area (Å²) < 4.78 is 22.8. The molecule has 0 N–H and O–H groups in total. The first-order valence-corrected chi connectivity index (χ1v) is 8.59. The van der Waals surface area contributed by atoms with Crippen LogP contribution in [0, 0.1) is 18.3 Å². The van der Waals surface area contributed by atoms with Crippen LogP contribution in [0.2, 0.25) is 0 Å². The van der Waals surface area contributed by atoms with Crippen molar-refractivity contribution in [3.05, 3.63) is 53.6 Å². The monoisotopic (exact) mass is 303 g/mol. The molecule has 3 nitrogen and oxygen atoms in total. The molecular weight excluding hydrogens is 290 g/mol. The molecule has 0 aliphatic rings. The Labute approximate surface area is 123 Å². The minimum Gasteiger partial charge on any atom is -0.224 e. The highest BCUT2D eigenvalue weighted by Gasteiger charge is 2.08. The lowest BCUT2D eigenvalue weighted by atomic mass is 10.2. The van der Waals surface area contributed by atoms with E-state index in [1.807, 2.05) is 25.1 Å². The Morgan fingerprint density at radius 3 is 2.30 bits per heavy atom. The zero-order chi connectivity index (χ0) is 14.8. The van der Waals surface area contributed by atoms with E-state index in [0.717, 1.165) is 15.4 Å². The van der Waals surface area contributed by atoms with Gasteiger partial charge in [-0.3, -0.25) is 0 Å². The number of rotatable bonds is 3. The molecule has 0 atom stereocenters. The quantitative estimate of drug-likeness (QED) is 0.871. The Hall–Kier alpha value is -1.77. The molecule has 102 valence electrons. The van der Waals surface area contributed by atoms with Gasteiger partial charge in [-0.15, -0.1) is 0 Å². The molecule has 5 heteroatoms. The molecular formula is C15H13NO2S2. The molecule has 0 radical (unpaired) electrons. The second-order valence-corrected chi connectivity index (χ2v) is 7.59. The molecule has 0 bridgehead atoms. The summed E-state index contributed by atoms with van der Waals surface area (Å²) >= 11 is 1.45. The van der Waals surface area contributed by atoms with Gasteiger partial charge in [0.25, 0.3) is 0 Å². The molecule has 0 spiro atoms. The minimum absolute atomic E-state index is 0.297. The third-order valence-electron chi connectivity index (χ3n) is 2.74. The molecule has 0 unspecified atom stereocenters. The number of hydrogen-bond acceptors (Lipinski definition) is 4. The van der Waals surface area contributed by atoms with Gasteiger partial charge in [-0.1, -0.05) is 17.8 Å². The first kappa shape index (κ1) is 14.6. The van der Waals surface area contributed by atoms with Crippen LogP contribution >= 0.6 is 11.8 Å². The number of aryl methyl sites for hydroxylation is 1. The van der Waals surface area contributed by atoms with Gasteiger partial charge in [0.15, 0.2) is 9.84 Å². The lowest BCUT2D eigenvalue weighted by molar-refractivity contribution is 0.602. The first-order valence-electron chi connectivity index (χ1n) is 5.89. The molecule has 0 fully saturated rings. The Morgan fingerprint density at radius 1 is 1.10 bits per heavy atom. The predicted molar refractivity (Wildman–Crippen MR) is 79.6 cm³/mol. The first-order chi connectivity index (χ1) is 9.40. The maximum Gasteiger partial charge on any atom is 0.175 e. The van der Waals surface area contributed by atoms with Crippen LogP contribution in [-0.4, -0.2) is 14.7 Å². The van der Waals surface area contributed by atoms with Gasteiger partial charge in [0.05, 0.1) is 10.5 Å². The highest BCUT2D eigenvalue weighted by atomic mass is 32.2. The lowest BCUT2D eigenvalue weighted by Gasteiger charge is -2.05. The Kier molecular flexibility index (Phi) is 4.17. The molecule has 0 aromatic heterocycles. The molecule has 2 rings (SSSR count). The van der Waals surface area contributed by atoms with Crippen molar-refractivity contribution in [3.8, 4) is 6.07 Å². The molecule has 0 aliphatic heterocycles. The largest absolute Gasteiger partial charge is 0.224 e. The van der Waals surface area contributed by atoms with E-state index in [1.165, 1.54) is 18.0 Å².